The fraction of sp³-hybridized carbons (Fsp3) is 0.562. The van der Waals surface area contributed by atoms with Gasteiger partial charge in [0.05, 0.1) is 21.8 Å². The van der Waals surface area contributed by atoms with E-state index in [1.165, 1.54) is 5.56 Å². The largest absolute Gasteiger partial charge is 0.384 e. The predicted molar refractivity (Wildman–Crippen MR) is 81.7 cm³/mol. The summed E-state index contributed by atoms with van der Waals surface area (Å²) in [5, 5.41) is 10.6. The molecule has 3 unspecified atom stereocenters. The normalized spacial score (nSPS) is 31.3. The van der Waals surface area contributed by atoms with Crippen molar-refractivity contribution < 1.29 is 9.32 Å². The van der Waals surface area contributed by atoms with Gasteiger partial charge in [-0.1, -0.05) is 17.7 Å². The van der Waals surface area contributed by atoms with Crippen LogP contribution >= 0.6 is 0 Å². The number of nitrogens with zero attached hydrogens (tertiary/aromatic N) is 1. The minimum atomic E-state index is -1.11. The fourth-order valence-corrected chi connectivity index (χ4v) is 4.87. The smallest absolute Gasteiger partial charge is 0.103 e. The highest BCUT2D eigenvalue weighted by Gasteiger charge is 2.44. The molecule has 0 radical (unpaired) electrons. The lowest BCUT2D eigenvalue weighted by atomic mass is 9.78. The molecule has 2 aliphatic rings. The molecular formula is C16H21NO2S. The van der Waals surface area contributed by atoms with Crippen molar-refractivity contribution >= 4 is 16.5 Å². The molecule has 1 aromatic rings. The molecule has 0 bridgehead atoms. The average molecular weight is 291 g/mol. The van der Waals surface area contributed by atoms with Crippen molar-refractivity contribution in [3.05, 3.63) is 29.8 Å². The van der Waals surface area contributed by atoms with Crippen LogP contribution in [0.3, 0.4) is 0 Å². The molecule has 0 spiro atoms. The molecule has 4 heteroatoms. The first kappa shape index (κ1) is 14.0. The van der Waals surface area contributed by atoms with E-state index < -0.39 is 16.4 Å². The summed E-state index contributed by atoms with van der Waals surface area (Å²) in [6.45, 7) is 2.79. The number of hydrogen-bond donors (Lipinski definition) is 1. The SMILES string of the molecule is Cc1ccc(S(=O)C2CCCC3(O)CCCN=C23)cc1. The van der Waals surface area contributed by atoms with Crippen molar-refractivity contribution in [2.24, 2.45) is 4.99 Å². The first-order valence-electron chi connectivity index (χ1n) is 7.35. The molecule has 20 heavy (non-hydrogen) atoms. The van der Waals surface area contributed by atoms with Crippen molar-refractivity contribution in [2.45, 2.75) is 54.8 Å². The maximum atomic E-state index is 12.8. The van der Waals surface area contributed by atoms with Gasteiger partial charge in [-0.25, -0.2) is 0 Å². The van der Waals surface area contributed by atoms with Gasteiger partial charge in [-0.05, 0) is 51.2 Å². The molecule has 3 rings (SSSR count). The molecule has 1 aliphatic carbocycles. The van der Waals surface area contributed by atoms with Crippen molar-refractivity contribution in [2.75, 3.05) is 6.54 Å². The zero-order chi connectivity index (χ0) is 14.2. The van der Waals surface area contributed by atoms with Crippen LogP contribution in [0.4, 0.5) is 0 Å². The maximum absolute atomic E-state index is 12.8. The Morgan fingerprint density at radius 1 is 1.25 bits per heavy atom. The number of aliphatic hydroxyl groups is 1. The molecule has 0 saturated heterocycles. The van der Waals surface area contributed by atoms with Crippen LogP contribution in [-0.4, -0.2) is 32.4 Å². The molecule has 0 amide bonds. The van der Waals surface area contributed by atoms with E-state index >= 15 is 0 Å². The molecule has 1 saturated carbocycles. The van der Waals surface area contributed by atoms with Crippen molar-refractivity contribution in [3.63, 3.8) is 0 Å². The van der Waals surface area contributed by atoms with Crippen molar-refractivity contribution in [1.82, 2.24) is 0 Å². The van der Waals surface area contributed by atoms with Crippen LogP contribution in [-0.2, 0) is 10.8 Å². The van der Waals surface area contributed by atoms with Crippen LogP contribution in [0.25, 0.3) is 0 Å². The van der Waals surface area contributed by atoms with E-state index in [1.807, 2.05) is 31.2 Å². The van der Waals surface area contributed by atoms with E-state index in [2.05, 4.69) is 4.99 Å². The van der Waals surface area contributed by atoms with Gasteiger partial charge in [-0.3, -0.25) is 9.20 Å². The first-order chi connectivity index (χ1) is 9.60. The quantitative estimate of drug-likeness (QED) is 0.910. The van der Waals surface area contributed by atoms with Crippen LogP contribution in [0.15, 0.2) is 34.2 Å². The lowest BCUT2D eigenvalue weighted by molar-refractivity contribution is 0.0741. The molecule has 1 aliphatic heterocycles. The van der Waals surface area contributed by atoms with Gasteiger partial charge >= 0.3 is 0 Å². The van der Waals surface area contributed by atoms with E-state index in [9.17, 15) is 9.32 Å². The lowest BCUT2D eigenvalue weighted by Gasteiger charge is -2.40. The molecule has 1 aromatic carbocycles. The first-order valence-corrected chi connectivity index (χ1v) is 8.56. The number of benzene rings is 1. The van der Waals surface area contributed by atoms with Gasteiger partial charge in [-0.2, -0.15) is 0 Å². The summed E-state index contributed by atoms with van der Waals surface area (Å²) in [6.07, 6.45) is 4.27. The molecule has 1 N–H and O–H groups in total. The third-order valence-electron chi connectivity index (χ3n) is 4.38. The second-order valence-electron chi connectivity index (χ2n) is 5.89. The van der Waals surface area contributed by atoms with Crippen LogP contribution in [0.2, 0.25) is 0 Å². The molecule has 108 valence electrons. The lowest BCUT2D eigenvalue weighted by Crippen LogP contribution is -2.51. The van der Waals surface area contributed by atoms with Gasteiger partial charge in [0.2, 0.25) is 0 Å². The summed E-state index contributed by atoms with van der Waals surface area (Å²) in [4.78, 5) is 5.39. The summed E-state index contributed by atoms with van der Waals surface area (Å²) in [5.41, 5.74) is 1.18. The average Bonchev–Trinajstić information content (AvgIpc) is 2.46. The summed E-state index contributed by atoms with van der Waals surface area (Å²) in [5.74, 6) is 0. The summed E-state index contributed by atoms with van der Waals surface area (Å²) >= 11 is 0. The van der Waals surface area contributed by atoms with Crippen LogP contribution in [0.1, 0.15) is 37.7 Å². The number of aliphatic imine (C=N–C) groups is 1. The highest BCUT2D eigenvalue weighted by Crippen LogP contribution is 2.36. The Morgan fingerprint density at radius 3 is 2.70 bits per heavy atom. The number of fused-ring (bicyclic) bond motifs is 1. The number of hydrogen-bond acceptors (Lipinski definition) is 3. The molecule has 1 fully saturated rings. The minimum absolute atomic E-state index is 0.114. The van der Waals surface area contributed by atoms with E-state index in [0.29, 0.717) is 0 Å². The fourth-order valence-electron chi connectivity index (χ4n) is 3.26. The Morgan fingerprint density at radius 2 is 1.95 bits per heavy atom. The Labute approximate surface area is 122 Å². The van der Waals surface area contributed by atoms with Gasteiger partial charge in [0, 0.05) is 11.4 Å². The Balaban J connectivity index is 1.90. The van der Waals surface area contributed by atoms with E-state index in [0.717, 1.165) is 49.3 Å². The highest BCUT2D eigenvalue weighted by molar-refractivity contribution is 7.86. The van der Waals surface area contributed by atoms with Crippen LogP contribution in [0.5, 0.6) is 0 Å². The van der Waals surface area contributed by atoms with Crippen LogP contribution in [0, 0.1) is 6.92 Å². The highest BCUT2D eigenvalue weighted by atomic mass is 32.2. The van der Waals surface area contributed by atoms with E-state index in [4.69, 9.17) is 0 Å². The predicted octanol–water partition coefficient (Wildman–Crippen LogP) is 2.62. The minimum Gasteiger partial charge on any atom is -0.384 e. The molecule has 0 aromatic heterocycles. The van der Waals surface area contributed by atoms with Gasteiger partial charge in [0.15, 0.2) is 0 Å². The Kier molecular flexibility index (Phi) is 3.78. The zero-order valence-electron chi connectivity index (χ0n) is 11.8. The second kappa shape index (κ2) is 5.41. The zero-order valence-corrected chi connectivity index (χ0v) is 12.7. The molecular weight excluding hydrogens is 270 g/mol. The number of rotatable bonds is 2. The topological polar surface area (TPSA) is 49.7 Å². The van der Waals surface area contributed by atoms with Gasteiger partial charge in [0.1, 0.15) is 5.60 Å². The van der Waals surface area contributed by atoms with Crippen LogP contribution < -0.4 is 0 Å². The third-order valence-corrected chi connectivity index (χ3v) is 6.09. The maximum Gasteiger partial charge on any atom is 0.103 e. The van der Waals surface area contributed by atoms with E-state index in [1.54, 1.807) is 0 Å². The van der Waals surface area contributed by atoms with Gasteiger partial charge in [0.25, 0.3) is 0 Å². The third kappa shape index (κ3) is 2.47. The Bertz CT molecular complexity index is 552. The molecule has 3 atom stereocenters. The summed E-state index contributed by atoms with van der Waals surface area (Å²) < 4.78 is 12.8. The van der Waals surface area contributed by atoms with Gasteiger partial charge < -0.3 is 5.11 Å². The van der Waals surface area contributed by atoms with Crippen molar-refractivity contribution in [3.8, 4) is 0 Å². The van der Waals surface area contributed by atoms with E-state index in [-0.39, 0.29) is 5.25 Å². The number of aryl methyl sites for hydroxylation is 1. The van der Waals surface area contributed by atoms with Gasteiger partial charge in [-0.15, -0.1) is 0 Å². The summed E-state index contributed by atoms with van der Waals surface area (Å²) in [7, 11) is -1.11. The monoisotopic (exact) mass is 291 g/mol. The standard InChI is InChI=1S/C16H21NO2S/c1-12-5-7-13(8-6-12)20(19)14-4-2-9-16(18)10-3-11-17-15(14)16/h5-8,14,18H,2-4,9-11H2,1H3. The Hall–Kier alpha value is -1.00. The molecule has 1 heterocycles. The second-order valence-corrected chi connectivity index (χ2v) is 7.53. The summed E-state index contributed by atoms with van der Waals surface area (Å²) in [6, 6.07) is 7.85. The molecule has 3 nitrogen and oxygen atoms in total. The van der Waals surface area contributed by atoms with Crippen molar-refractivity contribution in [1.29, 1.82) is 0 Å².